The standard InChI is InChI=1S/C21H17FN6O3S/c1-14-24-26-27-28(14)17-11-12-19(22)20(13-17)23-21(29)15-7-9-16(10-8-15)25-32(30,31)18-5-3-2-4-6-18/h2-13,25H,1H3,(H,23,29). The molecule has 1 amide bonds. The van der Waals surface area contributed by atoms with Gasteiger partial charge in [-0.25, -0.2) is 12.8 Å². The second kappa shape index (κ2) is 8.55. The number of amides is 1. The number of aryl methyl sites for hydroxylation is 1. The van der Waals surface area contributed by atoms with Gasteiger partial charge in [-0.15, -0.1) is 5.10 Å². The predicted octanol–water partition coefficient (Wildman–Crippen LogP) is 3.16. The molecule has 0 fully saturated rings. The van der Waals surface area contributed by atoms with E-state index in [4.69, 9.17) is 0 Å². The van der Waals surface area contributed by atoms with Crippen molar-refractivity contribution >= 4 is 27.3 Å². The summed E-state index contributed by atoms with van der Waals surface area (Å²) in [6.45, 7) is 1.69. The summed E-state index contributed by atoms with van der Waals surface area (Å²) in [7, 11) is -3.75. The zero-order chi connectivity index (χ0) is 22.7. The summed E-state index contributed by atoms with van der Waals surface area (Å²) in [5, 5.41) is 13.6. The second-order valence-electron chi connectivity index (χ2n) is 6.75. The summed E-state index contributed by atoms with van der Waals surface area (Å²) in [6.07, 6.45) is 0. The van der Waals surface area contributed by atoms with Crippen molar-refractivity contribution in [2.45, 2.75) is 11.8 Å². The number of carbonyl (C=O) groups is 1. The normalized spacial score (nSPS) is 11.2. The van der Waals surface area contributed by atoms with E-state index in [-0.39, 0.29) is 21.8 Å². The van der Waals surface area contributed by atoms with Crippen LogP contribution in [0.5, 0.6) is 0 Å². The molecule has 0 unspecified atom stereocenters. The molecule has 0 aliphatic rings. The molecule has 2 N–H and O–H groups in total. The molecule has 32 heavy (non-hydrogen) atoms. The molecule has 0 aliphatic carbocycles. The molecule has 162 valence electrons. The van der Waals surface area contributed by atoms with Gasteiger partial charge < -0.3 is 5.32 Å². The summed E-state index contributed by atoms with van der Waals surface area (Å²) in [5.41, 5.74) is 0.940. The number of nitrogens with zero attached hydrogens (tertiary/aromatic N) is 4. The van der Waals surface area contributed by atoms with E-state index < -0.39 is 21.7 Å². The minimum Gasteiger partial charge on any atom is -0.319 e. The summed E-state index contributed by atoms with van der Waals surface area (Å²) < 4.78 is 42.9. The van der Waals surface area contributed by atoms with Crippen LogP contribution in [0.2, 0.25) is 0 Å². The number of anilines is 2. The predicted molar refractivity (Wildman–Crippen MR) is 115 cm³/mol. The Morgan fingerprint density at radius 3 is 2.38 bits per heavy atom. The topological polar surface area (TPSA) is 119 Å². The third-order valence-corrected chi connectivity index (χ3v) is 5.92. The third kappa shape index (κ3) is 4.47. The lowest BCUT2D eigenvalue weighted by Gasteiger charge is -2.11. The van der Waals surface area contributed by atoms with Gasteiger partial charge >= 0.3 is 0 Å². The van der Waals surface area contributed by atoms with E-state index in [1.54, 1.807) is 25.1 Å². The van der Waals surface area contributed by atoms with Crippen LogP contribution in [0.1, 0.15) is 16.2 Å². The number of carbonyl (C=O) groups excluding carboxylic acids is 1. The lowest BCUT2D eigenvalue weighted by Crippen LogP contribution is -2.15. The number of hydrogen-bond donors (Lipinski definition) is 2. The molecule has 0 spiro atoms. The molecule has 0 aliphatic heterocycles. The van der Waals surface area contributed by atoms with Crippen molar-refractivity contribution in [2.24, 2.45) is 0 Å². The zero-order valence-corrected chi connectivity index (χ0v) is 17.5. The van der Waals surface area contributed by atoms with E-state index in [0.29, 0.717) is 11.5 Å². The van der Waals surface area contributed by atoms with E-state index in [0.717, 1.165) is 0 Å². The second-order valence-corrected chi connectivity index (χ2v) is 8.43. The van der Waals surface area contributed by atoms with E-state index >= 15 is 0 Å². The highest BCUT2D eigenvalue weighted by atomic mass is 32.2. The van der Waals surface area contributed by atoms with Gasteiger partial charge in [0.1, 0.15) is 5.82 Å². The Hall–Kier alpha value is -4.12. The highest BCUT2D eigenvalue weighted by Gasteiger charge is 2.15. The first-order valence-electron chi connectivity index (χ1n) is 9.38. The van der Waals surface area contributed by atoms with Crippen molar-refractivity contribution < 1.29 is 17.6 Å². The Morgan fingerprint density at radius 1 is 1.00 bits per heavy atom. The van der Waals surface area contributed by atoms with Crippen molar-refractivity contribution in [1.29, 1.82) is 0 Å². The van der Waals surface area contributed by atoms with Crippen LogP contribution in [0.15, 0.2) is 77.7 Å². The fourth-order valence-corrected chi connectivity index (χ4v) is 3.99. The Bertz CT molecular complexity index is 1370. The summed E-state index contributed by atoms with van der Waals surface area (Å²) in [5.74, 6) is -0.686. The van der Waals surface area contributed by atoms with Gasteiger partial charge in [0.15, 0.2) is 5.82 Å². The molecule has 0 atom stereocenters. The number of tetrazole rings is 1. The van der Waals surface area contributed by atoms with Crippen molar-refractivity contribution in [2.75, 3.05) is 10.0 Å². The quantitative estimate of drug-likeness (QED) is 0.464. The van der Waals surface area contributed by atoms with Gasteiger partial charge in [-0.2, -0.15) is 4.68 Å². The van der Waals surface area contributed by atoms with Crippen LogP contribution in [0, 0.1) is 12.7 Å². The molecule has 4 rings (SSSR count). The van der Waals surface area contributed by atoms with Crippen molar-refractivity contribution in [3.05, 3.63) is 90.0 Å². The van der Waals surface area contributed by atoms with E-state index in [1.807, 2.05) is 0 Å². The number of aromatic nitrogens is 4. The molecule has 0 radical (unpaired) electrons. The van der Waals surface area contributed by atoms with Crippen LogP contribution in [0.4, 0.5) is 15.8 Å². The maximum Gasteiger partial charge on any atom is 0.261 e. The number of sulfonamides is 1. The van der Waals surface area contributed by atoms with Crippen LogP contribution in [0.3, 0.4) is 0 Å². The highest BCUT2D eigenvalue weighted by Crippen LogP contribution is 2.21. The van der Waals surface area contributed by atoms with Crippen molar-refractivity contribution in [1.82, 2.24) is 20.2 Å². The number of rotatable bonds is 6. The van der Waals surface area contributed by atoms with Gasteiger partial charge in [0.05, 0.1) is 16.3 Å². The van der Waals surface area contributed by atoms with Gasteiger partial charge in [-0.05, 0) is 71.9 Å². The minimum atomic E-state index is -3.75. The first-order valence-corrected chi connectivity index (χ1v) is 10.9. The Balaban J connectivity index is 1.50. The SMILES string of the molecule is Cc1nnnn1-c1ccc(F)c(NC(=O)c2ccc(NS(=O)(=O)c3ccccc3)cc2)c1. The Morgan fingerprint density at radius 2 is 1.72 bits per heavy atom. The Labute approximate surface area is 183 Å². The molecule has 0 saturated carbocycles. The lowest BCUT2D eigenvalue weighted by atomic mass is 10.2. The van der Waals surface area contributed by atoms with Gasteiger partial charge in [0, 0.05) is 11.3 Å². The zero-order valence-electron chi connectivity index (χ0n) is 16.7. The minimum absolute atomic E-state index is 0.0451. The Kier molecular flexibility index (Phi) is 5.65. The van der Waals surface area contributed by atoms with Crippen LogP contribution < -0.4 is 10.0 Å². The summed E-state index contributed by atoms with van der Waals surface area (Å²) in [4.78, 5) is 12.7. The van der Waals surface area contributed by atoms with E-state index in [9.17, 15) is 17.6 Å². The third-order valence-electron chi connectivity index (χ3n) is 4.52. The molecule has 1 heterocycles. The first-order chi connectivity index (χ1) is 15.3. The largest absolute Gasteiger partial charge is 0.319 e. The average Bonchev–Trinajstić information content (AvgIpc) is 3.22. The number of benzene rings is 3. The van der Waals surface area contributed by atoms with Crippen LogP contribution in [-0.2, 0) is 10.0 Å². The molecule has 4 aromatic rings. The number of hydrogen-bond acceptors (Lipinski definition) is 6. The summed E-state index contributed by atoms with van der Waals surface area (Å²) >= 11 is 0. The van der Waals surface area contributed by atoms with Crippen molar-refractivity contribution in [3.8, 4) is 5.69 Å². The smallest absolute Gasteiger partial charge is 0.261 e. The van der Waals surface area contributed by atoms with Crippen LogP contribution in [-0.4, -0.2) is 34.5 Å². The molecule has 9 nitrogen and oxygen atoms in total. The molecular weight excluding hydrogens is 435 g/mol. The van der Waals surface area contributed by atoms with Gasteiger partial charge in [-0.3, -0.25) is 9.52 Å². The van der Waals surface area contributed by atoms with E-state index in [1.165, 1.54) is 59.3 Å². The molecule has 11 heteroatoms. The van der Waals surface area contributed by atoms with E-state index in [2.05, 4.69) is 25.6 Å². The van der Waals surface area contributed by atoms with Crippen LogP contribution in [0.25, 0.3) is 5.69 Å². The maximum absolute atomic E-state index is 14.2. The number of nitrogens with one attached hydrogen (secondary N) is 2. The lowest BCUT2D eigenvalue weighted by molar-refractivity contribution is 0.102. The molecular formula is C21H17FN6O3S. The maximum atomic E-state index is 14.2. The monoisotopic (exact) mass is 452 g/mol. The average molecular weight is 452 g/mol. The van der Waals surface area contributed by atoms with Crippen LogP contribution >= 0.6 is 0 Å². The van der Waals surface area contributed by atoms with Gasteiger partial charge in [0.25, 0.3) is 15.9 Å². The molecule has 1 aromatic heterocycles. The molecule has 0 bridgehead atoms. The molecule has 0 saturated heterocycles. The summed E-state index contributed by atoms with van der Waals surface area (Å²) in [6, 6.07) is 17.8. The number of halogens is 1. The van der Waals surface area contributed by atoms with Gasteiger partial charge in [0.2, 0.25) is 0 Å². The fourth-order valence-electron chi connectivity index (χ4n) is 2.91. The first kappa shape index (κ1) is 21.1. The fraction of sp³-hybridized carbons (Fsp3) is 0.0476. The van der Waals surface area contributed by atoms with Crippen molar-refractivity contribution in [3.63, 3.8) is 0 Å². The van der Waals surface area contributed by atoms with Gasteiger partial charge in [-0.1, -0.05) is 18.2 Å². The molecule has 3 aromatic carbocycles. The highest BCUT2D eigenvalue weighted by molar-refractivity contribution is 7.92.